The van der Waals surface area contributed by atoms with Crippen LogP contribution in [-0.4, -0.2) is 55.5 Å². The van der Waals surface area contributed by atoms with Gasteiger partial charge in [0.2, 0.25) is 0 Å². The minimum Gasteiger partial charge on any atom is -0.497 e. The second kappa shape index (κ2) is 9.47. The first-order valence-corrected chi connectivity index (χ1v) is 11.1. The highest BCUT2D eigenvalue weighted by atomic mass is 16.5. The SMILES string of the molecule is COc1ccc(CCN2C(=O)C(c3ccc(OC)cc3)=C(N3CCC(C)CC3)C2=O)cc1. The maximum absolute atomic E-state index is 13.5. The fourth-order valence-electron chi connectivity index (χ4n) is 4.34. The van der Waals surface area contributed by atoms with Gasteiger partial charge in [-0.25, -0.2) is 0 Å². The molecule has 6 heteroatoms. The third-order valence-corrected chi connectivity index (χ3v) is 6.41. The Kier molecular flexibility index (Phi) is 6.49. The van der Waals surface area contributed by atoms with Gasteiger partial charge in [-0.1, -0.05) is 31.2 Å². The van der Waals surface area contributed by atoms with Crippen molar-refractivity contribution in [3.63, 3.8) is 0 Å². The molecule has 32 heavy (non-hydrogen) atoms. The summed E-state index contributed by atoms with van der Waals surface area (Å²) in [6.07, 6.45) is 2.64. The highest BCUT2D eigenvalue weighted by Crippen LogP contribution is 2.34. The Morgan fingerprint density at radius 1 is 0.844 bits per heavy atom. The van der Waals surface area contributed by atoms with E-state index < -0.39 is 0 Å². The first-order chi connectivity index (χ1) is 15.5. The molecule has 0 unspecified atom stereocenters. The highest BCUT2D eigenvalue weighted by molar-refractivity contribution is 6.35. The van der Waals surface area contributed by atoms with Gasteiger partial charge in [0.25, 0.3) is 11.8 Å². The fourth-order valence-corrected chi connectivity index (χ4v) is 4.34. The Balaban J connectivity index is 1.61. The minimum atomic E-state index is -0.220. The molecule has 2 aliphatic heterocycles. The monoisotopic (exact) mass is 434 g/mol. The number of hydrogen-bond donors (Lipinski definition) is 0. The van der Waals surface area contributed by atoms with Crippen molar-refractivity contribution in [2.24, 2.45) is 5.92 Å². The predicted molar refractivity (Wildman–Crippen MR) is 123 cm³/mol. The molecule has 2 heterocycles. The summed E-state index contributed by atoms with van der Waals surface area (Å²) >= 11 is 0. The molecule has 2 aromatic rings. The van der Waals surface area contributed by atoms with Crippen LogP contribution >= 0.6 is 0 Å². The van der Waals surface area contributed by atoms with Gasteiger partial charge >= 0.3 is 0 Å². The lowest BCUT2D eigenvalue weighted by Crippen LogP contribution is -2.39. The van der Waals surface area contributed by atoms with Crippen molar-refractivity contribution in [3.05, 3.63) is 65.4 Å². The third-order valence-electron chi connectivity index (χ3n) is 6.41. The van der Waals surface area contributed by atoms with E-state index in [9.17, 15) is 9.59 Å². The van der Waals surface area contributed by atoms with Crippen molar-refractivity contribution in [3.8, 4) is 11.5 Å². The van der Waals surface area contributed by atoms with E-state index in [2.05, 4.69) is 11.8 Å². The lowest BCUT2D eigenvalue weighted by molar-refractivity contribution is -0.137. The van der Waals surface area contributed by atoms with Crippen molar-refractivity contribution in [1.29, 1.82) is 0 Å². The summed E-state index contributed by atoms with van der Waals surface area (Å²) < 4.78 is 10.5. The number of ether oxygens (including phenoxy) is 2. The van der Waals surface area contributed by atoms with Crippen LogP contribution in [0.25, 0.3) is 5.57 Å². The van der Waals surface area contributed by atoms with Crippen LogP contribution in [0.3, 0.4) is 0 Å². The molecule has 0 aliphatic carbocycles. The number of methoxy groups -OCH3 is 2. The summed E-state index contributed by atoms with van der Waals surface area (Å²) in [4.78, 5) is 30.5. The maximum atomic E-state index is 13.5. The molecule has 1 saturated heterocycles. The molecule has 0 N–H and O–H groups in total. The van der Waals surface area contributed by atoms with Crippen molar-refractivity contribution >= 4 is 17.4 Å². The molecule has 2 amide bonds. The van der Waals surface area contributed by atoms with E-state index in [4.69, 9.17) is 9.47 Å². The van der Waals surface area contributed by atoms with Crippen LogP contribution in [0.1, 0.15) is 30.9 Å². The van der Waals surface area contributed by atoms with Crippen LogP contribution in [0.5, 0.6) is 11.5 Å². The number of carbonyl (C=O) groups excluding carboxylic acids is 2. The topological polar surface area (TPSA) is 59.1 Å². The summed E-state index contributed by atoms with van der Waals surface area (Å²) in [6.45, 7) is 4.17. The van der Waals surface area contributed by atoms with E-state index in [-0.39, 0.29) is 11.8 Å². The highest BCUT2D eigenvalue weighted by Gasteiger charge is 2.41. The molecule has 0 radical (unpaired) electrons. The molecular weight excluding hydrogens is 404 g/mol. The van der Waals surface area contributed by atoms with Gasteiger partial charge < -0.3 is 14.4 Å². The van der Waals surface area contributed by atoms with Gasteiger partial charge in [-0.15, -0.1) is 0 Å². The number of benzene rings is 2. The van der Waals surface area contributed by atoms with Gasteiger partial charge in [-0.3, -0.25) is 14.5 Å². The average molecular weight is 435 g/mol. The van der Waals surface area contributed by atoms with Crippen molar-refractivity contribution in [1.82, 2.24) is 9.80 Å². The maximum Gasteiger partial charge on any atom is 0.277 e. The van der Waals surface area contributed by atoms with Crippen LogP contribution in [0.2, 0.25) is 0 Å². The van der Waals surface area contributed by atoms with E-state index >= 15 is 0 Å². The zero-order chi connectivity index (χ0) is 22.7. The van der Waals surface area contributed by atoms with E-state index in [0.29, 0.717) is 30.2 Å². The normalized spacial score (nSPS) is 17.3. The molecule has 0 bridgehead atoms. The van der Waals surface area contributed by atoms with Gasteiger partial charge in [0, 0.05) is 19.6 Å². The smallest absolute Gasteiger partial charge is 0.277 e. The Labute approximate surface area is 189 Å². The summed E-state index contributed by atoms with van der Waals surface area (Å²) in [5, 5.41) is 0. The lowest BCUT2D eigenvalue weighted by atomic mass is 9.97. The number of likely N-dealkylation sites (tertiary alicyclic amines) is 1. The molecule has 0 saturated carbocycles. The predicted octanol–water partition coefficient (Wildman–Crippen LogP) is 3.76. The number of piperidine rings is 1. The molecule has 168 valence electrons. The second-order valence-electron chi connectivity index (χ2n) is 8.48. The zero-order valence-corrected chi connectivity index (χ0v) is 19.0. The van der Waals surface area contributed by atoms with Crippen LogP contribution in [-0.2, 0) is 16.0 Å². The zero-order valence-electron chi connectivity index (χ0n) is 19.0. The molecule has 1 fully saturated rings. The van der Waals surface area contributed by atoms with E-state index in [1.807, 2.05) is 48.5 Å². The van der Waals surface area contributed by atoms with Gasteiger partial charge in [0.05, 0.1) is 19.8 Å². The van der Waals surface area contributed by atoms with Crippen molar-refractivity contribution < 1.29 is 19.1 Å². The number of hydrogen-bond acceptors (Lipinski definition) is 5. The van der Waals surface area contributed by atoms with Crippen LogP contribution in [0, 0.1) is 5.92 Å². The van der Waals surface area contributed by atoms with Gasteiger partial charge in [-0.2, -0.15) is 0 Å². The van der Waals surface area contributed by atoms with Gasteiger partial charge in [0.1, 0.15) is 17.2 Å². The summed E-state index contributed by atoms with van der Waals surface area (Å²) in [5.74, 6) is 1.73. The molecule has 4 rings (SSSR count). The summed E-state index contributed by atoms with van der Waals surface area (Å²) in [5.41, 5.74) is 2.85. The molecular formula is C26H30N2O4. The quantitative estimate of drug-likeness (QED) is 0.621. The van der Waals surface area contributed by atoms with Gasteiger partial charge in [-0.05, 0) is 60.6 Å². The van der Waals surface area contributed by atoms with Crippen molar-refractivity contribution in [2.75, 3.05) is 33.9 Å². The number of amides is 2. The van der Waals surface area contributed by atoms with Crippen LogP contribution in [0.15, 0.2) is 54.2 Å². The molecule has 2 aromatic carbocycles. The molecule has 0 spiro atoms. The Hall–Kier alpha value is -3.28. The average Bonchev–Trinajstić information content (AvgIpc) is 3.08. The molecule has 0 aromatic heterocycles. The number of rotatable bonds is 7. The lowest BCUT2D eigenvalue weighted by Gasteiger charge is -2.32. The fraction of sp³-hybridized carbons (Fsp3) is 0.385. The van der Waals surface area contributed by atoms with E-state index in [1.165, 1.54) is 4.90 Å². The standard InChI is InChI=1S/C26H30N2O4/c1-18-12-15-27(16-13-18)24-23(20-6-10-22(32-3)11-7-20)25(29)28(26(24)30)17-14-19-4-8-21(31-2)9-5-19/h4-11,18H,12-17H2,1-3H3. The first kappa shape index (κ1) is 21.9. The Morgan fingerprint density at radius 3 is 1.97 bits per heavy atom. The third kappa shape index (κ3) is 4.35. The van der Waals surface area contributed by atoms with Crippen LogP contribution < -0.4 is 9.47 Å². The molecule has 2 aliphatic rings. The van der Waals surface area contributed by atoms with Crippen LogP contribution in [0.4, 0.5) is 0 Å². The Morgan fingerprint density at radius 2 is 1.41 bits per heavy atom. The summed E-state index contributed by atoms with van der Waals surface area (Å²) in [7, 11) is 3.24. The minimum absolute atomic E-state index is 0.191. The summed E-state index contributed by atoms with van der Waals surface area (Å²) in [6, 6.07) is 15.1. The van der Waals surface area contributed by atoms with E-state index in [0.717, 1.165) is 48.6 Å². The molecule has 0 atom stereocenters. The second-order valence-corrected chi connectivity index (χ2v) is 8.48. The van der Waals surface area contributed by atoms with Crippen molar-refractivity contribution in [2.45, 2.75) is 26.2 Å². The number of imide groups is 1. The molecule has 6 nitrogen and oxygen atoms in total. The number of nitrogens with zero attached hydrogens (tertiary/aromatic N) is 2. The Bertz CT molecular complexity index is 1000. The first-order valence-electron chi connectivity index (χ1n) is 11.1. The number of carbonyl (C=O) groups is 2. The van der Waals surface area contributed by atoms with E-state index in [1.54, 1.807) is 14.2 Å². The largest absolute Gasteiger partial charge is 0.497 e. The van der Waals surface area contributed by atoms with Gasteiger partial charge in [0.15, 0.2) is 0 Å².